The summed E-state index contributed by atoms with van der Waals surface area (Å²) in [4.78, 5) is 26.0. The number of hydrogen-bond donors (Lipinski definition) is 2. The largest absolute Gasteiger partial charge is 0.371 e. The topological polar surface area (TPSA) is 61.4 Å². The predicted octanol–water partition coefficient (Wildman–Crippen LogP) is 2.44. The minimum atomic E-state index is 0.00842. The fraction of sp³-hybridized carbons (Fsp3) is 0.579. The molecule has 1 aromatic rings. The van der Waals surface area contributed by atoms with Crippen molar-refractivity contribution in [3.05, 3.63) is 29.3 Å². The summed E-state index contributed by atoms with van der Waals surface area (Å²) in [5.41, 5.74) is 1.18. The van der Waals surface area contributed by atoms with E-state index in [1.54, 1.807) is 0 Å². The number of nitrogens with zero attached hydrogens (tertiary/aromatic N) is 1. The molecule has 1 heterocycles. The maximum absolute atomic E-state index is 11.9. The van der Waals surface area contributed by atoms with Crippen LogP contribution in [0.25, 0.3) is 0 Å². The van der Waals surface area contributed by atoms with Crippen LogP contribution in [-0.2, 0) is 9.59 Å². The van der Waals surface area contributed by atoms with Gasteiger partial charge < -0.3 is 15.5 Å². The Balaban J connectivity index is 1.31. The predicted molar refractivity (Wildman–Crippen MR) is 99.7 cm³/mol. The van der Waals surface area contributed by atoms with Crippen molar-refractivity contribution in [3.63, 3.8) is 0 Å². The summed E-state index contributed by atoms with van der Waals surface area (Å²) in [5.74, 6) is 1.23. The lowest BCUT2D eigenvalue weighted by molar-refractivity contribution is -0.123. The second kappa shape index (κ2) is 8.09. The van der Waals surface area contributed by atoms with E-state index in [9.17, 15) is 9.59 Å². The summed E-state index contributed by atoms with van der Waals surface area (Å²) in [5, 5.41) is 6.59. The lowest BCUT2D eigenvalue weighted by Crippen LogP contribution is -2.34. The summed E-state index contributed by atoms with van der Waals surface area (Å²) in [6.45, 7) is 5.13. The van der Waals surface area contributed by atoms with Gasteiger partial charge in [-0.1, -0.05) is 18.5 Å². The van der Waals surface area contributed by atoms with Crippen LogP contribution in [0.4, 0.5) is 5.69 Å². The van der Waals surface area contributed by atoms with Gasteiger partial charge in [-0.3, -0.25) is 9.59 Å². The van der Waals surface area contributed by atoms with Crippen LogP contribution in [0.2, 0.25) is 5.02 Å². The minimum Gasteiger partial charge on any atom is -0.371 e. The Kier molecular flexibility index (Phi) is 5.84. The van der Waals surface area contributed by atoms with E-state index in [0.29, 0.717) is 31.3 Å². The molecule has 2 fully saturated rings. The fourth-order valence-corrected chi connectivity index (χ4v) is 3.48. The van der Waals surface area contributed by atoms with Gasteiger partial charge in [-0.15, -0.1) is 0 Å². The third kappa shape index (κ3) is 5.11. The van der Waals surface area contributed by atoms with Crippen molar-refractivity contribution in [2.24, 2.45) is 17.8 Å². The maximum atomic E-state index is 11.9. The third-order valence-electron chi connectivity index (χ3n) is 5.16. The lowest BCUT2D eigenvalue weighted by Gasteiger charge is -2.19. The number of carbonyl (C=O) groups excluding carboxylic acids is 2. The normalized spacial score (nSPS) is 24.9. The van der Waals surface area contributed by atoms with E-state index < -0.39 is 0 Å². The van der Waals surface area contributed by atoms with Gasteiger partial charge in [0.05, 0.1) is 0 Å². The first-order valence-electron chi connectivity index (χ1n) is 9.08. The first kappa shape index (κ1) is 18.1. The quantitative estimate of drug-likeness (QED) is 0.782. The Morgan fingerprint density at radius 1 is 1.24 bits per heavy atom. The zero-order valence-corrected chi connectivity index (χ0v) is 15.4. The summed E-state index contributed by atoms with van der Waals surface area (Å²) in [6, 6.07) is 7.88. The average molecular weight is 364 g/mol. The molecule has 2 aliphatic rings. The average Bonchev–Trinajstić information content (AvgIpc) is 3.15. The second-order valence-electron chi connectivity index (χ2n) is 7.24. The molecule has 0 bridgehead atoms. The lowest BCUT2D eigenvalue weighted by atomic mass is 10.1. The molecule has 5 nitrogen and oxygen atoms in total. The highest BCUT2D eigenvalue weighted by atomic mass is 35.5. The van der Waals surface area contributed by atoms with E-state index in [2.05, 4.69) is 22.5 Å². The SMILES string of the molecule is C[C@@H]1C[C@H]1C(=O)NCCC(=O)NC[C@@H]1CCN(c2ccc(Cl)cc2)C1. The second-order valence-corrected chi connectivity index (χ2v) is 7.68. The highest BCUT2D eigenvalue weighted by Crippen LogP contribution is 2.37. The van der Waals surface area contributed by atoms with Crippen LogP contribution in [0, 0.1) is 17.8 Å². The smallest absolute Gasteiger partial charge is 0.223 e. The molecular weight excluding hydrogens is 338 g/mol. The van der Waals surface area contributed by atoms with Crippen molar-refractivity contribution < 1.29 is 9.59 Å². The number of benzene rings is 1. The number of halogens is 1. The minimum absolute atomic E-state index is 0.00842. The first-order valence-corrected chi connectivity index (χ1v) is 9.45. The highest BCUT2D eigenvalue weighted by molar-refractivity contribution is 6.30. The molecule has 25 heavy (non-hydrogen) atoms. The van der Waals surface area contributed by atoms with Crippen LogP contribution in [0.1, 0.15) is 26.2 Å². The number of amides is 2. The molecule has 3 atom stereocenters. The standard InChI is InChI=1S/C19H26ClN3O2/c1-13-10-17(13)19(25)21-8-6-18(24)22-11-14-7-9-23(12-14)16-4-2-15(20)3-5-16/h2-5,13-14,17H,6-12H2,1H3,(H,21,25)(H,22,24)/t13-,14+,17-/m1/s1. The van der Waals surface area contributed by atoms with Gasteiger partial charge in [0.25, 0.3) is 0 Å². The number of anilines is 1. The van der Waals surface area contributed by atoms with Crippen LogP contribution >= 0.6 is 11.6 Å². The van der Waals surface area contributed by atoms with Gasteiger partial charge in [0.2, 0.25) is 11.8 Å². The molecule has 1 saturated carbocycles. The molecule has 0 aromatic heterocycles. The molecule has 3 rings (SSSR count). The molecule has 0 radical (unpaired) electrons. The van der Waals surface area contributed by atoms with Crippen molar-refractivity contribution in [2.45, 2.75) is 26.2 Å². The van der Waals surface area contributed by atoms with Gasteiger partial charge in [-0.05, 0) is 48.9 Å². The Labute approximate surface area is 154 Å². The zero-order chi connectivity index (χ0) is 17.8. The molecule has 0 unspecified atom stereocenters. The van der Waals surface area contributed by atoms with E-state index in [0.717, 1.165) is 31.0 Å². The van der Waals surface area contributed by atoms with Gasteiger partial charge in [0.1, 0.15) is 0 Å². The van der Waals surface area contributed by atoms with Crippen LogP contribution < -0.4 is 15.5 Å². The Morgan fingerprint density at radius 3 is 2.64 bits per heavy atom. The molecule has 2 amide bonds. The van der Waals surface area contributed by atoms with E-state index in [1.165, 1.54) is 5.69 Å². The van der Waals surface area contributed by atoms with Crippen LogP contribution in [0.15, 0.2) is 24.3 Å². The van der Waals surface area contributed by atoms with Crippen LogP contribution in [0.5, 0.6) is 0 Å². The molecule has 1 saturated heterocycles. The van der Waals surface area contributed by atoms with Crippen molar-refractivity contribution in [2.75, 3.05) is 31.1 Å². The molecule has 0 spiro atoms. The Morgan fingerprint density at radius 2 is 1.96 bits per heavy atom. The van der Waals surface area contributed by atoms with Crippen LogP contribution in [0.3, 0.4) is 0 Å². The highest BCUT2D eigenvalue weighted by Gasteiger charge is 2.38. The Bertz CT molecular complexity index is 620. The number of rotatable bonds is 7. The summed E-state index contributed by atoms with van der Waals surface area (Å²) in [7, 11) is 0. The van der Waals surface area contributed by atoms with Gasteiger partial charge in [-0.25, -0.2) is 0 Å². The van der Waals surface area contributed by atoms with Crippen LogP contribution in [-0.4, -0.2) is 38.0 Å². The molecule has 1 aliphatic carbocycles. The number of nitrogens with one attached hydrogen (secondary N) is 2. The van der Waals surface area contributed by atoms with Gasteiger partial charge in [0, 0.05) is 49.2 Å². The first-order chi connectivity index (χ1) is 12.0. The zero-order valence-electron chi connectivity index (χ0n) is 14.6. The van der Waals surface area contributed by atoms with Crippen molar-refractivity contribution >= 4 is 29.1 Å². The third-order valence-corrected chi connectivity index (χ3v) is 5.42. The maximum Gasteiger partial charge on any atom is 0.223 e. The molecule has 6 heteroatoms. The van der Waals surface area contributed by atoms with Gasteiger partial charge in [0.15, 0.2) is 0 Å². The van der Waals surface area contributed by atoms with E-state index in [-0.39, 0.29) is 17.7 Å². The summed E-state index contributed by atoms with van der Waals surface area (Å²) in [6.07, 6.45) is 2.39. The Hall–Kier alpha value is -1.75. The van der Waals surface area contributed by atoms with Gasteiger partial charge in [-0.2, -0.15) is 0 Å². The monoisotopic (exact) mass is 363 g/mol. The molecule has 1 aromatic carbocycles. The summed E-state index contributed by atoms with van der Waals surface area (Å²) >= 11 is 5.93. The van der Waals surface area contributed by atoms with Crippen molar-refractivity contribution in [1.29, 1.82) is 0 Å². The molecular formula is C19H26ClN3O2. The number of carbonyl (C=O) groups is 2. The van der Waals surface area contributed by atoms with Crippen molar-refractivity contribution in [1.82, 2.24) is 10.6 Å². The van der Waals surface area contributed by atoms with E-state index >= 15 is 0 Å². The number of hydrogen-bond acceptors (Lipinski definition) is 3. The summed E-state index contributed by atoms with van der Waals surface area (Å²) < 4.78 is 0. The van der Waals surface area contributed by atoms with E-state index in [4.69, 9.17) is 11.6 Å². The molecule has 136 valence electrons. The van der Waals surface area contributed by atoms with Crippen molar-refractivity contribution in [3.8, 4) is 0 Å². The fourth-order valence-electron chi connectivity index (χ4n) is 3.35. The van der Waals surface area contributed by atoms with Gasteiger partial charge >= 0.3 is 0 Å². The van der Waals surface area contributed by atoms with E-state index in [1.807, 2.05) is 24.3 Å². The molecule has 1 aliphatic heterocycles. The molecule has 2 N–H and O–H groups in total.